The summed E-state index contributed by atoms with van der Waals surface area (Å²) in [5.74, 6) is -4.59. The van der Waals surface area contributed by atoms with Crippen molar-refractivity contribution in [1.82, 2.24) is 0 Å². The molecule has 0 saturated carbocycles. The van der Waals surface area contributed by atoms with Crippen molar-refractivity contribution >= 4 is 0 Å². The first-order valence-corrected chi connectivity index (χ1v) is 8.55. The zero-order valence-corrected chi connectivity index (χ0v) is 14.6. The first-order chi connectivity index (χ1) is 12.4. The summed E-state index contributed by atoms with van der Waals surface area (Å²) in [6.07, 6.45) is 1.61. The number of rotatable bonds is 4. The van der Waals surface area contributed by atoms with Crippen molar-refractivity contribution in [1.29, 1.82) is 0 Å². The van der Waals surface area contributed by atoms with E-state index < -0.39 is 23.3 Å². The number of hydrogen-bond donors (Lipinski definition) is 0. The summed E-state index contributed by atoms with van der Waals surface area (Å²) in [4.78, 5) is 0. The summed E-state index contributed by atoms with van der Waals surface area (Å²) >= 11 is 0. The molecule has 0 spiro atoms. The van der Waals surface area contributed by atoms with E-state index in [1.165, 1.54) is 31.2 Å². The van der Waals surface area contributed by atoms with Crippen LogP contribution in [-0.4, -0.2) is 19.3 Å². The lowest BCUT2D eigenvalue weighted by atomic mass is 10.0. The second-order valence-corrected chi connectivity index (χ2v) is 6.75. The second-order valence-electron chi connectivity index (χ2n) is 6.75. The molecule has 2 aromatic carbocycles. The molecule has 1 heterocycles. The normalized spacial score (nSPS) is 20.2. The number of hydrogen-bond acceptors (Lipinski definition) is 2. The largest absolute Gasteiger partial charge is 0.488 e. The zero-order chi connectivity index (χ0) is 18.8. The van der Waals surface area contributed by atoms with Crippen LogP contribution in [0.5, 0.6) is 5.75 Å². The van der Waals surface area contributed by atoms with Gasteiger partial charge < -0.3 is 9.47 Å². The smallest absolute Gasteiger partial charge is 0.201 e. The lowest BCUT2D eigenvalue weighted by Gasteiger charge is -2.26. The highest BCUT2D eigenvalue weighted by atomic mass is 19.2. The Morgan fingerprint density at radius 2 is 1.58 bits per heavy atom. The van der Waals surface area contributed by atoms with Gasteiger partial charge in [-0.2, -0.15) is 4.39 Å². The van der Waals surface area contributed by atoms with Gasteiger partial charge in [-0.25, -0.2) is 13.2 Å². The van der Waals surface area contributed by atoms with Gasteiger partial charge in [-0.15, -0.1) is 0 Å². The molecule has 2 nitrogen and oxygen atoms in total. The molecule has 140 valence electrons. The standard InChI is InChI=1S/C20H20F4O2/c1-11-3-5-13(25-9-11)10-26-16-8-7-15(19(23)20(16)24)14-6-4-12(2)17(21)18(14)22/h4,6-8,11,13H,3,5,9-10H2,1-2H3. The Bertz CT molecular complexity index is 799. The van der Waals surface area contributed by atoms with Crippen LogP contribution in [-0.2, 0) is 4.74 Å². The Labute approximate surface area is 149 Å². The summed E-state index contributed by atoms with van der Waals surface area (Å²) in [7, 11) is 0. The molecule has 2 unspecified atom stereocenters. The van der Waals surface area contributed by atoms with E-state index in [-0.39, 0.29) is 35.2 Å². The zero-order valence-electron chi connectivity index (χ0n) is 14.6. The van der Waals surface area contributed by atoms with Crippen molar-refractivity contribution < 1.29 is 27.0 Å². The summed E-state index contributed by atoms with van der Waals surface area (Å²) in [5, 5.41) is 0. The Morgan fingerprint density at radius 1 is 0.923 bits per heavy atom. The van der Waals surface area contributed by atoms with Crippen LogP contribution in [0.15, 0.2) is 24.3 Å². The van der Waals surface area contributed by atoms with E-state index in [1.807, 2.05) is 0 Å². The fraction of sp³-hybridized carbons (Fsp3) is 0.400. The highest BCUT2D eigenvalue weighted by Crippen LogP contribution is 2.33. The van der Waals surface area contributed by atoms with Crippen molar-refractivity contribution in [3.8, 4) is 16.9 Å². The minimum atomic E-state index is -1.28. The van der Waals surface area contributed by atoms with Crippen molar-refractivity contribution in [2.75, 3.05) is 13.2 Å². The van der Waals surface area contributed by atoms with Gasteiger partial charge in [-0.05, 0) is 43.4 Å². The number of benzene rings is 2. The molecule has 0 aromatic heterocycles. The first kappa shape index (κ1) is 18.7. The number of halogens is 4. The molecule has 26 heavy (non-hydrogen) atoms. The lowest BCUT2D eigenvalue weighted by molar-refractivity contribution is -0.0339. The highest BCUT2D eigenvalue weighted by Gasteiger charge is 2.23. The van der Waals surface area contributed by atoms with Gasteiger partial charge in [0.15, 0.2) is 23.2 Å². The molecule has 0 aliphatic carbocycles. The summed E-state index contributed by atoms with van der Waals surface area (Å²) in [6, 6.07) is 4.95. The topological polar surface area (TPSA) is 18.5 Å². The van der Waals surface area contributed by atoms with E-state index in [9.17, 15) is 17.6 Å². The second kappa shape index (κ2) is 7.66. The summed E-state index contributed by atoms with van der Waals surface area (Å²) < 4.78 is 67.4. The molecule has 1 aliphatic rings. The van der Waals surface area contributed by atoms with Crippen LogP contribution in [0.25, 0.3) is 11.1 Å². The van der Waals surface area contributed by atoms with Crippen LogP contribution in [0.2, 0.25) is 0 Å². The highest BCUT2D eigenvalue weighted by molar-refractivity contribution is 5.66. The maximum atomic E-state index is 14.4. The van der Waals surface area contributed by atoms with Crippen molar-refractivity contribution in [2.45, 2.75) is 32.8 Å². The SMILES string of the molecule is Cc1ccc(-c2ccc(OCC3CCC(C)CO3)c(F)c2F)c(F)c1F. The van der Waals surface area contributed by atoms with Crippen molar-refractivity contribution in [3.63, 3.8) is 0 Å². The van der Waals surface area contributed by atoms with Crippen LogP contribution in [0, 0.1) is 36.1 Å². The Balaban J connectivity index is 1.80. The maximum Gasteiger partial charge on any atom is 0.201 e. The average molecular weight is 368 g/mol. The lowest BCUT2D eigenvalue weighted by Crippen LogP contribution is -2.29. The fourth-order valence-corrected chi connectivity index (χ4v) is 2.96. The minimum Gasteiger partial charge on any atom is -0.488 e. The van der Waals surface area contributed by atoms with Crippen LogP contribution in [0.4, 0.5) is 17.6 Å². The number of aryl methyl sites for hydroxylation is 1. The van der Waals surface area contributed by atoms with Gasteiger partial charge in [0.1, 0.15) is 6.61 Å². The maximum absolute atomic E-state index is 14.4. The van der Waals surface area contributed by atoms with E-state index in [4.69, 9.17) is 9.47 Å². The van der Waals surface area contributed by atoms with Crippen LogP contribution >= 0.6 is 0 Å². The third kappa shape index (κ3) is 3.70. The molecule has 0 amide bonds. The molecule has 0 N–H and O–H groups in total. The molecule has 0 radical (unpaired) electrons. The molecular formula is C20H20F4O2. The molecular weight excluding hydrogens is 348 g/mol. The molecule has 1 fully saturated rings. The van der Waals surface area contributed by atoms with E-state index >= 15 is 0 Å². The molecule has 6 heteroatoms. The van der Waals surface area contributed by atoms with E-state index in [2.05, 4.69) is 6.92 Å². The van der Waals surface area contributed by atoms with Gasteiger partial charge in [-0.3, -0.25) is 0 Å². The fourth-order valence-electron chi connectivity index (χ4n) is 2.96. The van der Waals surface area contributed by atoms with Gasteiger partial charge in [0.05, 0.1) is 6.10 Å². The molecule has 1 aliphatic heterocycles. The quantitative estimate of drug-likeness (QED) is 0.672. The molecule has 3 rings (SSSR count). The molecule has 1 saturated heterocycles. The molecule has 0 bridgehead atoms. The third-order valence-corrected chi connectivity index (χ3v) is 4.64. The van der Waals surface area contributed by atoms with Gasteiger partial charge >= 0.3 is 0 Å². The Hall–Kier alpha value is -2.08. The number of ether oxygens (including phenoxy) is 2. The van der Waals surface area contributed by atoms with Crippen molar-refractivity contribution in [3.05, 3.63) is 53.1 Å². The average Bonchev–Trinajstić information content (AvgIpc) is 2.63. The van der Waals surface area contributed by atoms with Gasteiger partial charge in [0.25, 0.3) is 0 Å². The minimum absolute atomic E-state index is 0.0916. The predicted octanol–water partition coefficient (Wildman–Crippen LogP) is 5.41. The summed E-state index contributed by atoms with van der Waals surface area (Å²) in [6.45, 7) is 4.19. The van der Waals surface area contributed by atoms with Crippen LogP contribution in [0.3, 0.4) is 0 Å². The third-order valence-electron chi connectivity index (χ3n) is 4.64. The van der Waals surface area contributed by atoms with E-state index in [1.54, 1.807) is 0 Å². The van der Waals surface area contributed by atoms with Crippen LogP contribution in [0.1, 0.15) is 25.3 Å². The van der Waals surface area contributed by atoms with E-state index in [0.29, 0.717) is 12.5 Å². The van der Waals surface area contributed by atoms with Gasteiger partial charge in [-0.1, -0.05) is 19.1 Å². The molecule has 2 aromatic rings. The Morgan fingerprint density at radius 3 is 2.23 bits per heavy atom. The first-order valence-electron chi connectivity index (χ1n) is 8.55. The Kier molecular flexibility index (Phi) is 5.51. The summed E-state index contributed by atoms with van der Waals surface area (Å²) in [5.41, 5.74) is -0.594. The van der Waals surface area contributed by atoms with Gasteiger partial charge in [0.2, 0.25) is 5.82 Å². The molecule has 2 atom stereocenters. The van der Waals surface area contributed by atoms with Gasteiger partial charge in [0, 0.05) is 17.7 Å². The van der Waals surface area contributed by atoms with Crippen molar-refractivity contribution in [2.24, 2.45) is 5.92 Å². The van der Waals surface area contributed by atoms with E-state index in [0.717, 1.165) is 12.8 Å². The predicted molar refractivity (Wildman–Crippen MR) is 90.1 cm³/mol. The monoisotopic (exact) mass is 368 g/mol. The van der Waals surface area contributed by atoms with Crippen LogP contribution < -0.4 is 4.74 Å².